The van der Waals surface area contributed by atoms with Crippen LogP contribution in [0.1, 0.15) is 83.1 Å². The van der Waals surface area contributed by atoms with Gasteiger partial charge in [0.1, 0.15) is 0 Å². The maximum atomic E-state index is 12.4. The van der Waals surface area contributed by atoms with Crippen molar-refractivity contribution in [3.8, 4) is 0 Å². The van der Waals surface area contributed by atoms with Crippen molar-refractivity contribution in [1.82, 2.24) is 5.32 Å². The summed E-state index contributed by atoms with van der Waals surface area (Å²) in [6, 6.07) is 10.3. The highest BCUT2D eigenvalue weighted by molar-refractivity contribution is 5.96. The van der Waals surface area contributed by atoms with E-state index in [0.29, 0.717) is 51.4 Å². The van der Waals surface area contributed by atoms with Crippen LogP contribution >= 0.6 is 0 Å². The summed E-state index contributed by atoms with van der Waals surface area (Å²) in [7, 11) is 0. The van der Waals surface area contributed by atoms with Gasteiger partial charge in [0, 0.05) is 12.3 Å². The minimum Gasteiger partial charge on any atom is -0.393 e. The van der Waals surface area contributed by atoms with Gasteiger partial charge in [-0.1, -0.05) is 68.0 Å². The molecule has 0 aromatic heterocycles. The van der Waals surface area contributed by atoms with Gasteiger partial charge in [-0.15, -0.1) is 10.1 Å². The molecule has 1 saturated carbocycles. The number of allylic oxidation sites excluding steroid dienone is 4. The van der Waals surface area contributed by atoms with Crippen LogP contribution < -0.4 is 5.32 Å². The Morgan fingerprint density at radius 2 is 1.68 bits per heavy atom. The molecular formula is C31H46N2O7. The van der Waals surface area contributed by atoms with E-state index >= 15 is 0 Å². The Morgan fingerprint density at radius 3 is 2.30 bits per heavy atom. The molecule has 0 bridgehead atoms. The van der Waals surface area contributed by atoms with Crippen LogP contribution in [0.5, 0.6) is 0 Å². The van der Waals surface area contributed by atoms with Crippen molar-refractivity contribution in [3.05, 3.63) is 70.3 Å². The zero-order valence-electron chi connectivity index (χ0n) is 23.7. The van der Waals surface area contributed by atoms with Crippen molar-refractivity contribution in [1.29, 1.82) is 0 Å². The van der Waals surface area contributed by atoms with Crippen LogP contribution in [-0.2, 0) is 20.8 Å². The number of nitrogens with zero attached hydrogens (tertiary/aromatic N) is 1. The third-order valence-corrected chi connectivity index (χ3v) is 7.66. The second-order valence-electron chi connectivity index (χ2n) is 10.6. The number of imide groups is 1. The Kier molecular flexibility index (Phi) is 15.8. The number of hydrogen-bond donors (Lipinski definition) is 3. The normalized spacial score (nSPS) is 21.6. The second-order valence-corrected chi connectivity index (χ2v) is 10.6. The van der Waals surface area contributed by atoms with E-state index in [9.17, 15) is 29.9 Å². The van der Waals surface area contributed by atoms with Gasteiger partial charge >= 0.3 is 0 Å². The number of aryl methyl sites for hydroxylation is 1. The molecule has 0 heterocycles. The molecule has 9 nitrogen and oxygen atoms in total. The first kappa shape index (κ1) is 33.2. The van der Waals surface area contributed by atoms with Gasteiger partial charge in [-0.2, -0.15) is 0 Å². The fourth-order valence-electron chi connectivity index (χ4n) is 5.30. The highest BCUT2D eigenvalue weighted by Gasteiger charge is 2.39. The maximum absolute atomic E-state index is 12.4. The molecule has 1 aromatic carbocycles. The van der Waals surface area contributed by atoms with E-state index in [1.807, 2.05) is 37.3 Å². The predicted molar refractivity (Wildman–Crippen MR) is 153 cm³/mol. The van der Waals surface area contributed by atoms with E-state index in [4.69, 9.17) is 0 Å². The number of benzene rings is 1. The first-order valence-corrected chi connectivity index (χ1v) is 14.6. The minimum atomic E-state index is -0.829. The fourth-order valence-corrected chi connectivity index (χ4v) is 5.30. The largest absolute Gasteiger partial charge is 0.393 e. The first-order valence-electron chi connectivity index (χ1n) is 14.6. The van der Waals surface area contributed by atoms with E-state index in [1.54, 1.807) is 0 Å². The Hall–Kier alpha value is -3.04. The lowest BCUT2D eigenvalue weighted by Gasteiger charge is -2.21. The molecule has 0 saturated heterocycles. The van der Waals surface area contributed by atoms with Crippen LogP contribution in [0.2, 0.25) is 0 Å². The molecule has 2 rings (SSSR count). The highest BCUT2D eigenvalue weighted by Crippen LogP contribution is 2.37. The van der Waals surface area contributed by atoms with Gasteiger partial charge in [0.2, 0.25) is 11.8 Å². The summed E-state index contributed by atoms with van der Waals surface area (Å²) in [6.07, 6.45) is 14.8. The molecule has 0 aliphatic heterocycles. The molecule has 40 heavy (non-hydrogen) atoms. The van der Waals surface area contributed by atoms with Crippen LogP contribution in [0.4, 0.5) is 0 Å². The predicted octanol–water partition coefficient (Wildman–Crippen LogP) is 5.09. The smallest absolute Gasteiger partial charge is 0.294 e. The molecule has 1 fully saturated rings. The summed E-state index contributed by atoms with van der Waals surface area (Å²) in [6.45, 7) is 1.88. The topological polar surface area (TPSA) is 139 Å². The van der Waals surface area contributed by atoms with Crippen molar-refractivity contribution >= 4 is 11.8 Å². The van der Waals surface area contributed by atoms with Crippen LogP contribution in [0.25, 0.3) is 0 Å². The molecule has 0 spiro atoms. The maximum Gasteiger partial charge on any atom is 0.294 e. The van der Waals surface area contributed by atoms with E-state index in [-0.39, 0.29) is 42.6 Å². The molecule has 5 atom stereocenters. The number of unbranched alkanes of at least 4 members (excludes halogenated alkanes) is 2. The van der Waals surface area contributed by atoms with Crippen LogP contribution in [-0.4, -0.2) is 45.9 Å². The summed E-state index contributed by atoms with van der Waals surface area (Å²) < 4.78 is 0. The van der Waals surface area contributed by atoms with Gasteiger partial charge in [0.15, 0.2) is 0 Å². The Bertz CT molecular complexity index is 950. The monoisotopic (exact) mass is 558 g/mol. The number of carbonyl (C=O) groups excluding carboxylic acids is 2. The fraction of sp³-hybridized carbons (Fsp3) is 0.613. The van der Waals surface area contributed by atoms with E-state index in [1.165, 1.54) is 5.56 Å². The van der Waals surface area contributed by atoms with Crippen molar-refractivity contribution < 1.29 is 29.7 Å². The first-order chi connectivity index (χ1) is 19.3. The SMILES string of the molecule is CCC(CCCCO[N+](=O)[O-])C(=O)NC(=O)CCCC=CC[C@@H]1[C@@H](C/C=C/CCc2ccccc2)[C@H](O)C[C@@H]1O. The van der Waals surface area contributed by atoms with Gasteiger partial charge in [0.25, 0.3) is 5.09 Å². The molecule has 9 heteroatoms. The summed E-state index contributed by atoms with van der Waals surface area (Å²) in [5.74, 6) is -0.881. The summed E-state index contributed by atoms with van der Waals surface area (Å²) in [4.78, 5) is 39.0. The number of aliphatic hydroxyl groups excluding tert-OH is 2. The Morgan fingerprint density at radius 1 is 1.02 bits per heavy atom. The zero-order chi connectivity index (χ0) is 29.2. The van der Waals surface area contributed by atoms with E-state index in [0.717, 1.165) is 19.3 Å². The molecule has 1 aliphatic carbocycles. The molecule has 1 aliphatic rings. The molecular weight excluding hydrogens is 512 g/mol. The number of amides is 2. The average Bonchev–Trinajstić information content (AvgIpc) is 3.19. The molecule has 2 amide bonds. The molecule has 3 N–H and O–H groups in total. The lowest BCUT2D eigenvalue weighted by molar-refractivity contribution is -0.757. The summed E-state index contributed by atoms with van der Waals surface area (Å²) >= 11 is 0. The van der Waals surface area contributed by atoms with Crippen molar-refractivity contribution in [3.63, 3.8) is 0 Å². The van der Waals surface area contributed by atoms with Crippen LogP contribution in [0.15, 0.2) is 54.6 Å². The lowest BCUT2D eigenvalue weighted by Crippen LogP contribution is -2.35. The number of rotatable bonds is 19. The summed E-state index contributed by atoms with van der Waals surface area (Å²) in [5.41, 5.74) is 1.30. The van der Waals surface area contributed by atoms with Crippen molar-refractivity contribution in [2.75, 3.05) is 6.61 Å². The number of carbonyl (C=O) groups is 2. The van der Waals surface area contributed by atoms with Crippen LogP contribution in [0.3, 0.4) is 0 Å². The Labute approximate surface area is 237 Å². The van der Waals surface area contributed by atoms with Gasteiger partial charge in [0.05, 0.1) is 18.8 Å². The van der Waals surface area contributed by atoms with Crippen molar-refractivity contribution in [2.24, 2.45) is 17.8 Å². The minimum absolute atomic E-state index is 0.00281. The average molecular weight is 559 g/mol. The van der Waals surface area contributed by atoms with E-state index < -0.39 is 17.3 Å². The number of aliphatic hydroxyl groups is 2. The third-order valence-electron chi connectivity index (χ3n) is 7.66. The third kappa shape index (κ3) is 12.9. The Balaban J connectivity index is 1.64. The van der Waals surface area contributed by atoms with E-state index in [2.05, 4.69) is 34.4 Å². The van der Waals surface area contributed by atoms with Crippen molar-refractivity contribution in [2.45, 2.75) is 96.2 Å². The molecule has 1 unspecified atom stereocenters. The van der Waals surface area contributed by atoms with Crippen LogP contribution in [0, 0.1) is 27.9 Å². The van der Waals surface area contributed by atoms with Gasteiger partial charge in [-0.05, 0) is 81.6 Å². The standard InChI is InChI=1S/C31H46N2O7/c1-2-25(18-13-14-22-40-33(38)39)31(37)32-30(36)21-12-4-3-10-19-26-27(29(35)23-28(26)34)20-11-6-9-17-24-15-7-5-8-16-24/h3,5-8,10-11,15-16,25-29,34-35H,2,4,9,12-14,17-23H2,1H3,(H,32,36,37)/b10-3?,11-6+/t25?,26-,27-,28+,29-/m1/s1. The summed E-state index contributed by atoms with van der Waals surface area (Å²) in [5, 5.41) is 32.8. The molecule has 222 valence electrons. The number of nitrogens with one attached hydrogen (secondary N) is 1. The second kappa shape index (κ2) is 19.1. The quantitative estimate of drug-likeness (QED) is 0.0930. The molecule has 0 radical (unpaired) electrons. The van der Waals surface area contributed by atoms with Gasteiger partial charge in [-0.25, -0.2) is 0 Å². The molecule has 1 aromatic rings. The number of hydrogen-bond acceptors (Lipinski definition) is 7. The highest BCUT2D eigenvalue weighted by atomic mass is 16.9. The zero-order valence-corrected chi connectivity index (χ0v) is 23.7. The van der Waals surface area contributed by atoms with Gasteiger partial charge in [-0.3, -0.25) is 14.9 Å². The lowest BCUT2D eigenvalue weighted by atomic mass is 9.87. The van der Waals surface area contributed by atoms with Gasteiger partial charge < -0.3 is 15.1 Å².